The van der Waals surface area contributed by atoms with Gasteiger partial charge in [0.25, 0.3) is 5.56 Å². The summed E-state index contributed by atoms with van der Waals surface area (Å²) in [5.74, 6) is 1.86. The van der Waals surface area contributed by atoms with Crippen molar-refractivity contribution in [1.82, 2.24) is 9.66 Å². The Kier molecular flexibility index (Phi) is 5.12. The van der Waals surface area contributed by atoms with Crippen molar-refractivity contribution in [3.63, 3.8) is 0 Å². The fraction of sp³-hybridized carbons (Fsp3) is 0.250. The summed E-state index contributed by atoms with van der Waals surface area (Å²) in [7, 11) is 0. The molecule has 1 aromatic heterocycles. The zero-order chi connectivity index (χ0) is 19.8. The molecule has 0 radical (unpaired) electrons. The predicted molar refractivity (Wildman–Crippen MR) is 113 cm³/mol. The molecule has 0 aliphatic carbocycles. The van der Waals surface area contributed by atoms with Crippen LogP contribution in [-0.2, 0) is 0 Å². The topological polar surface area (TPSA) is 65.7 Å². The zero-order valence-corrected chi connectivity index (χ0v) is 17.6. The molecule has 1 aliphatic heterocycles. The first kappa shape index (κ1) is 19.0. The molecule has 2 aromatic carbocycles. The molecule has 0 unspecified atom stereocenters. The van der Waals surface area contributed by atoms with E-state index in [2.05, 4.69) is 21.0 Å². The van der Waals surface area contributed by atoms with Crippen LogP contribution in [0.4, 0.5) is 0 Å². The number of ether oxygens (including phenoxy) is 2. The van der Waals surface area contributed by atoms with Gasteiger partial charge in [-0.05, 0) is 30.7 Å². The number of benzene rings is 2. The van der Waals surface area contributed by atoms with Crippen molar-refractivity contribution in [3.05, 3.63) is 61.6 Å². The van der Waals surface area contributed by atoms with Crippen molar-refractivity contribution in [1.29, 1.82) is 0 Å². The molecule has 0 amide bonds. The second kappa shape index (κ2) is 7.56. The maximum absolute atomic E-state index is 13.1. The summed E-state index contributed by atoms with van der Waals surface area (Å²) in [5.41, 5.74) is 1.05. The minimum Gasteiger partial charge on any atom is -0.454 e. The smallest absolute Gasteiger partial charge is 0.282 e. The predicted octanol–water partition coefficient (Wildman–Crippen LogP) is 4.94. The SMILES string of the molecule is CC[C@H](C)c1nc2ccc(Br)cc2c(=O)n1N=Cc1cc2c(cc1Cl)OCO2. The average Bonchev–Trinajstić information content (AvgIpc) is 3.13. The van der Waals surface area contributed by atoms with Crippen molar-refractivity contribution in [2.75, 3.05) is 6.79 Å². The van der Waals surface area contributed by atoms with Gasteiger partial charge in [0.05, 0.1) is 22.1 Å². The fourth-order valence-corrected chi connectivity index (χ4v) is 3.49. The van der Waals surface area contributed by atoms with Crippen molar-refractivity contribution >= 4 is 44.6 Å². The van der Waals surface area contributed by atoms with Gasteiger partial charge in [-0.1, -0.05) is 41.4 Å². The Morgan fingerprint density at radius 1 is 1.32 bits per heavy atom. The second-order valence-corrected chi connectivity index (χ2v) is 7.85. The molecule has 0 bridgehead atoms. The van der Waals surface area contributed by atoms with Crippen LogP contribution in [-0.4, -0.2) is 22.7 Å². The lowest BCUT2D eigenvalue weighted by Crippen LogP contribution is -2.23. The van der Waals surface area contributed by atoms with Crippen LogP contribution in [0, 0.1) is 0 Å². The van der Waals surface area contributed by atoms with E-state index in [9.17, 15) is 4.79 Å². The van der Waals surface area contributed by atoms with Crippen molar-refractivity contribution in [3.8, 4) is 11.5 Å². The van der Waals surface area contributed by atoms with E-state index in [1.807, 2.05) is 26.0 Å². The molecule has 4 rings (SSSR count). The molecule has 0 fully saturated rings. The highest BCUT2D eigenvalue weighted by molar-refractivity contribution is 9.10. The van der Waals surface area contributed by atoms with Gasteiger partial charge >= 0.3 is 0 Å². The first-order chi connectivity index (χ1) is 13.5. The lowest BCUT2D eigenvalue weighted by molar-refractivity contribution is 0.174. The molecule has 2 heterocycles. The summed E-state index contributed by atoms with van der Waals surface area (Å²) < 4.78 is 12.9. The lowest BCUT2D eigenvalue weighted by Gasteiger charge is -2.14. The molecule has 0 spiro atoms. The minimum absolute atomic E-state index is 0.0603. The highest BCUT2D eigenvalue weighted by atomic mass is 79.9. The summed E-state index contributed by atoms with van der Waals surface area (Å²) >= 11 is 9.73. The van der Waals surface area contributed by atoms with Gasteiger partial charge in [0.1, 0.15) is 5.82 Å². The molecule has 0 saturated carbocycles. The summed E-state index contributed by atoms with van der Waals surface area (Å²) in [4.78, 5) is 17.8. The number of halogens is 2. The fourth-order valence-electron chi connectivity index (χ4n) is 2.93. The second-order valence-electron chi connectivity index (χ2n) is 6.53. The zero-order valence-electron chi connectivity index (χ0n) is 15.3. The standard InChI is InChI=1S/C20H17BrClN3O3/c1-3-11(2)19-24-16-5-4-13(21)7-14(16)20(26)25(19)23-9-12-6-17-18(8-15(12)22)28-10-27-17/h4-9,11H,3,10H2,1-2H3/t11-/m0/s1. The van der Waals surface area contributed by atoms with Crippen LogP contribution in [0.5, 0.6) is 11.5 Å². The number of nitrogens with zero attached hydrogens (tertiary/aromatic N) is 3. The van der Waals surface area contributed by atoms with E-state index in [0.717, 1.165) is 10.9 Å². The molecular weight excluding hydrogens is 446 g/mol. The number of aromatic nitrogens is 2. The van der Waals surface area contributed by atoms with Crippen LogP contribution < -0.4 is 15.0 Å². The number of hydrogen-bond acceptors (Lipinski definition) is 5. The molecule has 8 heteroatoms. The van der Waals surface area contributed by atoms with Gasteiger partial charge < -0.3 is 9.47 Å². The number of rotatable bonds is 4. The molecule has 0 N–H and O–H groups in total. The third kappa shape index (κ3) is 3.40. The first-order valence-corrected chi connectivity index (χ1v) is 10.0. The molecule has 6 nitrogen and oxygen atoms in total. The minimum atomic E-state index is -0.227. The molecule has 3 aromatic rings. The van der Waals surface area contributed by atoms with Crippen LogP contribution in [0.2, 0.25) is 5.02 Å². The van der Waals surface area contributed by atoms with Crippen molar-refractivity contribution < 1.29 is 9.47 Å². The van der Waals surface area contributed by atoms with E-state index in [1.165, 1.54) is 4.68 Å². The molecule has 144 valence electrons. The van der Waals surface area contributed by atoms with Gasteiger partial charge in [0.2, 0.25) is 6.79 Å². The average molecular weight is 463 g/mol. The molecule has 28 heavy (non-hydrogen) atoms. The van der Waals surface area contributed by atoms with Crippen LogP contribution in [0.25, 0.3) is 10.9 Å². The molecule has 1 atom stereocenters. The maximum Gasteiger partial charge on any atom is 0.282 e. The Morgan fingerprint density at radius 2 is 2.07 bits per heavy atom. The van der Waals surface area contributed by atoms with E-state index < -0.39 is 0 Å². The van der Waals surface area contributed by atoms with Crippen molar-refractivity contribution in [2.24, 2.45) is 5.10 Å². The summed E-state index contributed by atoms with van der Waals surface area (Å²) in [6.45, 7) is 4.23. The first-order valence-electron chi connectivity index (χ1n) is 8.83. The van der Waals surface area contributed by atoms with Gasteiger partial charge in [-0.25, -0.2) is 4.98 Å². The number of hydrogen-bond donors (Lipinski definition) is 0. The summed E-state index contributed by atoms with van der Waals surface area (Å²) in [6.07, 6.45) is 2.37. The third-order valence-electron chi connectivity index (χ3n) is 4.69. The lowest BCUT2D eigenvalue weighted by atomic mass is 10.1. The van der Waals surface area contributed by atoms with Gasteiger partial charge in [0, 0.05) is 22.0 Å². The normalized spacial score (nSPS) is 14.1. The van der Waals surface area contributed by atoms with Gasteiger partial charge in [-0.2, -0.15) is 9.78 Å². The van der Waals surface area contributed by atoms with Crippen LogP contribution in [0.15, 0.2) is 44.7 Å². The Balaban J connectivity index is 1.86. The van der Waals surface area contributed by atoms with Gasteiger partial charge in [-0.15, -0.1) is 0 Å². The molecular formula is C20H17BrClN3O3. The van der Waals surface area contributed by atoms with Gasteiger partial charge in [-0.3, -0.25) is 4.79 Å². The van der Waals surface area contributed by atoms with Crippen LogP contribution in [0.3, 0.4) is 0 Å². The summed E-state index contributed by atoms with van der Waals surface area (Å²) in [6, 6.07) is 8.88. The van der Waals surface area contributed by atoms with Gasteiger partial charge in [0.15, 0.2) is 11.5 Å². The highest BCUT2D eigenvalue weighted by Gasteiger charge is 2.18. The Hall–Kier alpha value is -2.38. The Labute approximate surface area is 174 Å². The summed E-state index contributed by atoms with van der Waals surface area (Å²) in [5, 5.41) is 5.39. The van der Waals surface area contributed by atoms with E-state index in [0.29, 0.717) is 38.8 Å². The van der Waals surface area contributed by atoms with E-state index in [1.54, 1.807) is 24.4 Å². The van der Waals surface area contributed by atoms with Crippen LogP contribution in [0.1, 0.15) is 37.6 Å². The van der Waals surface area contributed by atoms with E-state index in [-0.39, 0.29) is 18.3 Å². The largest absolute Gasteiger partial charge is 0.454 e. The Bertz CT molecular complexity index is 1160. The maximum atomic E-state index is 13.1. The quantitative estimate of drug-likeness (QED) is 0.515. The monoisotopic (exact) mass is 461 g/mol. The van der Waals surface area contributed by atoms with E-state index >= 15 is 0 Å². The van der Waals surface area contributed by atoms with Crippen molar-refractivity contribution in [2.45, 2.75) is 26.2 Å². The van der Waals surface area contributed by atoms with E-state index in [4.69, 9.17) is 26.1 Å². The highest BCUT2D eigenvalue weighted by Crippen LogP contribution is 2.36. The molecule has 0 saturated heterocycles. The molecule has 1 aliphatic rings. The Morgan fingerprint density at radius 3 is 2.82 bits per heavy atom. The third-order valence-corrected chi connectivity index (χ3v) is 5.51. The van der Waals surface area contributed by atoms with Crippen LogP contribution >= 0.6 is 27.5 Å². The number of fused-ring (bicyclic) bond motifs is 2.